The van der Waals surface area contributed by atoms with Gasteiger partial charge >= 0.3 is 0 Å². The number of benzene rings is 1. The van der Waals surface area contributed by atoms with E-state index in [-0.39, 0.29) is 18.5 Å². The first-order valence-electron chi connectivity index (χ1n) is 5.45. The van der Waals surface area contributed by atoms with Gasteiger partial charge in [0, 0.05) is 24.2 Å². The first-order valence-corrected chi connectivity index (χ1v) is 5.83. The lowest BCUT2D eigenvalue weighted by Crippen LogP contribution is -2.28. The lowest BCUT2D eigenvalue weighted by atomic mass is 10.1. The Kier molecular flexibility index (Phi) is 5.74. The van der Waals surface area contributed by atoms with Gasteiger partial charge in [0.2, 0.25) is 0 Å². The van der Waals surface area contributed by atoms with E-state index in [0.717, 1.165) is 18.4 Å². The molecule has 4 heteroatoms. The van der Waals surface area contributed by atoms with Gasteiger partial charge in [0.25, 0.3) is 0 Å². The lowest BCUT2D eigenvalue weighted by Gasteiger charge is -2.16. The van der Waals surface area contributed by atoms with Crippen LogP contribution in [0.1, 0.15) is 25.3 Å². The highest BCUT2D eigenvalue weighted by atomic mass is 35.5. The number of halogens is 2. The van der Waals surface area contributed by atoms with E-state index in [1.54, 1.807) is 6.07 Å². The predicted molar refractivity (Wildman–Crippen MR) is 64.0 cm³/mol. The molecule has 0 spiro atoms. The van der Waals surface area contributed by atoms with Crippen LogP contribution in [0.2, 0.25) is 5.02 Å². The van der Waals surface area contributed by atoms with Crippen molar-refractivity contribution in [3.8, 4) is 0 Å². The Morgan fingerprint density at radius 1 is 1.50 bits per heavy atom. The molecule has 0 aliphatic rings. The normalized spacial score (nSPS) is 12.8. The van der Waals surface area contributed by atoms with Gasteiger partial charge < -0.3 is 10.4 Å². The predicted octanol–water partition coefficient (Wildman–Crippen LogP) is 2.73. The zero-order valence-electron chi connectivity index (χ0n) is 9.34. The van der Waals surface area contributed by atoms with Crippen LogP contribution in [-0.4, -0.2) is 17.8 Å². The van der Waals surface area contributed by atoms with Crippen LogP contribution in [0.3, 0.4) is 0 Å². The van der Waals surface area contributed by atoms with Crippen molar-refractivity contribution in [3.05, 3.63) is 34.6 Å². The first kappa shape index (κ1) is 13.4. The molecular formula is C12H17ClFNO. The van der Waals surface area contributed by atoms with Crippen LogP contribution in [0.25, 0.3) is 0 Å². The second kappa shape index (κ2) is 6.84. The Balaban J connectivity index is 2.53. The average Bonchev–Trinajstić information content (AvgIpc) is 2.26. The Bertz CT molecular complexity index is 333. The van der Waals surface area contributed by atoms with E-state index in [1.807, 2.05) is 0 Å². The summed E-state index contributed by atoms with van der Waals surface area (Å²) in [7, 11) is 0. The molecule has 1 rings (SSSR count). The molecule has 0 aromatic heterocycles. The van der Waals surface area contributed by atoms with Crippen LogP contribution in [-0.2, 0) is 6.54 Å². The molecule has 0 aliphatic heterocycles. The van der Waals surface area contributed by atoms with E-state index in [4.69, 9.17) is 16.7 Å². The van der Waals surface area contributed by atoms with E-state index >= 15 is 0 Å². The van der Waals surface area contributed by atoms with Crippen molar-refractivity contribution in [2.75, 3.05) is 6.61 Å². The fraction of sp³-hybridized carbons (Fsp3) is 0.500. The van der Waals surface area contributed by atoms with Crippen molar-refractivity contribution in [2.24, 2.45) is 0 Å². The molecule has 0 saturated carbocycles. The fourth-order valence-electron chi connectivity index (χ4n) is 1.53. The SMILES string of the molecule is CCC(CCO)NCc1ccc(F)cc1Cl. The lowest BCUT2D eigenvalue weighted by molar-refractivity contribution is 0.262. The van der Waals surface area contributed by atoms with Crippen molar-refractivity contribution in [2.45, 2.75) is 32.4 Å². The standard InChI is InChI=1S/C12H17ClFNO/c1-2-11(5-6-16)15-8-9-3-4-10(14)7-12(9)13/h3-4,7,11,15-16H,2,5-6,8H2,1H3. The number of aliphatic hydroxyl groups excluding tert-OH is 1. The zero-order valence-corrected chi connectivity index (χ0v) is 10.1. The number of hydrogen-bond donors (Lipinski definition) is 2. The Morgan fingerprint density at radius 3 is 2.81 bits per heavy atom. The molecule has 0 fully saturated rings. The van der Waals surface area contributed by atoms with Gasteiger partial charge in [-0.25, -0.2) is 4.39 Å². The molecule has 1 aromatic rings. The van der Waals surface area contributed by atoms with Crippen molar-refractivity contribution in [3.63, 3.8) is 0 Å². The van der Waals surface area contributed by atoms with Gasteiger partial charge in [-0.15, -0.1) is 0 Å². The number of hydrogen-bond acceptors (Lipinski definition) is 2. The summed E-state index contributed by atoms with van der Waals surface area (Å²) in [4.78, 5) is 0. The molecule has 0 amide bonds. The maximum Gasteiger partial charge on any atom is 0.124 e. The van der Waals surface area contributed by atoms with Gasteiger partial charge in [-0.05, 0) is 30.5 Å². The van der Waals surface area contributed by atoms with Crippen LogP contribution < -0.4 is 5.32 Å². The van der Waals surface area contributed by atoms with Gasteiger partial charge in [-0.3, -0.25) is 0 Å². The summed E-state index contributed by atoms with van der Waals surface area (Å²) < 4.78 is 12.8. The third-order valence-corrected chi connectivity index (χ3v) is 2.92. The molecule has 0 heterocycles. The molecule has 2 nitrogen and oxygen atoms in total. The van der Waals surface area contributed by atoms with Crippen LogP contribution in [0.5, 0.6) is 0 Å². The molecule has 2 N–H and O–H groups in total. The van der Waals surface area contributed by atoms with E-state index < -0.39 is 0 Å². The second-order valence-electron chi connectivity index (χ2n) is 3.73. The molecule has 0 bridgehead atoms. The first-order chi connectivity index (χ1) is 7.67. The third-order valence-electron chi connectivity index (χ3n) is 2.57. The molecule has 0 radical (unpaired) electrons. The highest BCUT2D eigenvalue weighted by molar-refractivity contribution is 6.31. The van der Waals surface area contributed by atoms with E-state index in [0.29, 0.717) is 11.6 Å². The average molecular weight is 246 g/mol. The molecule has 0 aliphatic carbocycles. The summed E-state index contributed by atoms with van der Waals surface area (Å²) in [5.74, 6) is -0.323. The largest absolute Gasteiger partial charge is 0.396 e. The third kappa shape index (κ3) is 4.08. The van der Waals surface area contributed by atoms with Gasteiger partial charge in [-0.1, -0.05) is 24.6 Å². The molecule has 1 atom stereocenters. The molecule has 1 unspecified atom stereocenters. The monoisotopic (exact) mass is 245 g/mol. The maximum atomic E-state index is 12.8. The van der Waals surface area contributed by atoms with Crippen molar-refractivity contribution >= 4 is 11.6 Å². The topological polar surface area (TPSA) is 32.3 Å². The van der Waals surface area contributed by atoms with Crippen molar-refractivity contribution in [1.29, 1.82) is 0 Å². The van der Waals surface area contributed by atoms with E-state index in [1.165, 1.54) is 12.1 Å². The van der Waals surface area contributed by atoms with Crippen molar-refractivity contribution < 1.29 is 9.50 Å². The highest BCUT2D eigenvalue weighted by Gasteiger charge is 2.06. The van der Waals surface area contributed by atoms with Gasteiger partial charge in [0.1, 0.15) is 5.82 Å². The maximum absolute atomic E-state index is 12.8. The van der Waals surface area contributed by atoms with Gasteiger partial charge in [0.05, 0.1) is 0 Å². The minimum Gasteiger partial charge on any atom is -0.396 e. The summed E-state index contributed by atoms with van der Waals surface area (Å²) >= 11 is 5.90. The van der Waals surface area contributed by atoms with Gasteiger partial charge in [0.15, 0.2) is 0 Å². The van der Waals surface area contributed by atoms with Crippen LogP contribution >= 0.6 is 11.6 Å². The fourth-order valence-corrected chi connectivity index (χ4v) is 1.76. The summed E-state index contributed by atoms with van der Waals surface area (Å²) in [5.41, 5.74) is 0.874. The Hall–Kier alpha value is -0.640. The van der Waals surface area contributed by atoms with Crippen LogP contribution in [0, 0.1) is 5.82 Å². The summed E-state index contributed by atoms with van der Waals surface area (Å²) in [5, 5.41) is 12.6. The van der Waals surface area contributed by atoms with Crippen LogP contribution in [0.15, 0.2) is 18.2 Å². The number of rotatable bonds is 6. The second-order valence-corrected chi connectivity index (χ2v) is 4.14. The molecule has 16 heavy (non-hydrogen) atoms. The minimum atomic E-state index is -0.323. The molecule has 90 valence electrons. The molecular weight excluding hydrogens is 229 g/mol. The van der Waals surface area contributed by atoms with E-state index in [2.05, 4.69) is 12.2 Å². The smallest absolute Gasteiger partial charge is 0.124 e. The summed E-state index contributed by atoms with van der Waals surface area (Å²) in [6.45, 7) is 2.82. The Labute approximate surface area is 100 Å². The molecule has 0 saturated heterocycles. The summed E-state index contributed by atoms with van der Waals surface area (Å²) in [6, 6.07) is 4.66. The van der Waals surface area contributed by atoms with Crippen LogP contribution in [0.4, 0.5) is 4.39 Å². The molecule has 1 aromatic carbocycles. The number of nitrogens with one attached hydrogen (secondary N) is 1. The Morgan fingerprint density at radius 2 is 2.25 bits per heavy atom. The minimum absolute atomic E-state index is 0.169. The quantitative estimate of drug-likeness (QED) is 0.808. The van der Waals surface area contributed by atoms with Crippen molar-refractivity contribution in [1.82, 2.24) is 5.32 Å². The van der Waals surface area contributed by atoms with E-state index in [9.17, 15) is 4.39 Å². The van der Waals surface area contributed by atoms with Gasteiger partial charge in [-0.2, -0.15) is 0 Å². The summed E-state index contributed by atoms with van der Waals surface area (Å²) in [6.07, 6.45) is 1.66. The zero-order chi connectivity index (χ0) is 12.0. The number of aliphatic hydroxyl groups is 1. The highest BCUT2D eigenvalue weighted by Crippen LogP contribution is 2.17.